The van der Waals surface area contributed by atoms with Crippen molar-refractivity contribution in [3.05, 3.63) is 23.3 Å². The van der Waals surface area contributed by atoms with E-state index in [2.05, 4.69) is 19.9 Å². The summed E-state index contributed by atoms with van der Waals surface area (Å²) in [5.41, 5.74) is -5.94. The van der Waals surface area contributed by atoms with Crippen molar-refractivity contribution in [3.8, 4) is 0 Å². The van der Waals surface area contributed by atoms with E-state index < -0.39 is 63.1 Å². The first kappa shape index (κ1) is 65.0. The molecule has 394 valence electrons. The Morgan fingerprint density at radius 3 is 0.818 bits per heavy atom. The summed E-state index contributed by atoms with van der Waals surface area (Å²) in [6, 6.07) is 0. The Morgan fingerprint density at radius 2 is 0.576 bits per heavy atom. The van der Waals surface area contributed by atoms with Crippen molar-refractivity contribution in [1.82, 2.24) is 0 Å². The molecule has 66 heavy (non-hydrogen) atoms. The van der Waals surface area contributed by atoms with E-state index in [-0.39, 0.29) is 0 Å². The molecule has 10 unspecified atom stereocenters. The Kier molecular flexibility index (Phi) is 29.0. The van der Waals surface area contributed by atoms with Crippen LogP contribution in [0.5, 0.6) is 0 Å². The first-order valence-electron chi connectivity index (χ1n) is 26.0. The minimum Gasteiger partial charge on any atom is -0.394 e. The van der Waals surface area contributed by atoms with Gasteiger partial charge < -0.3 is 56.2 Å². The first-order valence-corrected chi connectivity index (χ1v) is 26.0. The minimum atomic E-state index is -1.34. The smallest absolute Gasteiger partial charge is 0.105 e. The van der Waals surface area contributed by atoms with Gasteiger partial charge in [0, 0.05) is 0 Å². The molecule has 11 N–H and O–H groups in total. The van der Waals surface area contributed by atoms with Gasteiger partial charge in [0.2, 0.25) is 0 Å². The monoisotopic (exact) mass is 945 g/mol. The summed E-state index contributed by atoms with van der Waals surface area (Å²) in [5.74, 6) is 0. The molecule has 0 rings (SSSR count). The van der Waals surface area contributed by atoms with Crippen LogP contribution in [0, 0.1) is 0 Å². The average molecular weight is 945 g/mol. The molecule has 11 heteroatoms. The van der Waals surface area contributed by atoms with Crippen LogP contribution < -0.4 is 0 Å². The number of aliphatic hydroxyl groups is 11. The number of allylic oxidation sites excluding steroid dienone is 4. The second-order valence-electron chi connectivity index (χ2n) is 24.3. The molecule has 0 fully saturated rings. The van der Waals surface area contributed by atoms with Gasteiger partial charge in [-0.2, -0.15) is 0 Å². The summed E-state index contributed by atoms with van der Waals surface area (Å²) in [5, 5.41) is 117. The standard InChI is InChI=1S/C55H108O11/c1-44(2)23-13-26-47(4,58)28-16-30-49(6,60)32-18-34-51(8,62)36-20-38-53(10,64)40-22-41-54(11,65)39-21-37-52(9,63)35-19-33-50(7,61)31-17-29-48(5,59)27-14-24-45(3)25-15-42-55(12,66)46(57)43-56/h23,25,46,56-66H,13-22,24,26-43H2,1-12H3. The van der Waals surface area contributed by atoms with E-state index in [0.29, 0.717) is 154 Å². The molecule has 0 spiro atoms. The molecule has 11 nitrogen and oxygen atoms in total. The number of hydrogen-bond acceptors (Lipinski definition) is 11. The summed E-state index contributed by atoms with van der Waals surface area (Å²) in [7, 11) is 0. The van der Waals surface area contributed by atoms with Gasteiger partial charge in [0.25, 0.3) is 0 Å². The molecule has 0 aliphatic heterocycles. The molecular formula is C55H108O11. The zero-order valence-corrected chi connectivity index (χ0v) is 44.7. The molecule has 0 saturated heterocycles. The number of rotatable bonds is 40. The second-order valence-corrected chi connectivity index (χ2v) is 24.3. The van der Waals surface area contributed by atoms with E-state index in [1.807, 2.05) is 68.4 Å². The highest BCUT2D eigenvalue weighted by molar-refractivity contribution is 5.00. The fourth-order valence-corrected chi connectivity index (χ4v) is 9.45. The highest BCUT2D eigenvalue weighted by Crippen LogP contribution is 2.33. The lowest BCUT2D eigenvalue weighted by Crippen LogP contribution is -2.41. The SMILES string of the molecule is CC(C)=CCCC(C)(O)CCCC(C)(O)CCCC(C)(O)CCCC(C)(O)CCCC(C)(O)CCCC(C)(O)CCCC(C)(O)CCCC(C)(O)CCCC(C)=CCCC(C)(O)C(O)CO. The summed E-state index contributed by atoms with van der Waals surface area (Å²) < 4.78 is 0. The van der Waals surface area contributed by atoms with Crippen molar-refractivity contribution < 1.29 is 56.2 Å². The van der Waals surface area contributed by atoms with Gasteiger partial charge in [0.05, 0.1) is 57.0 Å². The van der Waals surface area contributed by atoms with Gasteiger partial charge in [-0.1, -0.05) is 23.3 Å². The maximum atomic E-state index is 11.1. The topological polar surface area (TPSA) is 223 Å². The van der Waals surface area contributed by atoms with Gasteiger partial charge in [-0.15, -0.1) is 0 Å². The third-order valence-corrected chi connectivity index (χ3v) is 14.6. The average Bonchev–Trinajstić information content (AvgIpc) is 3.12. The fourth-order valence-electron chi connectivity index (χ4n) is 9.45. The molecule has 0 heterocycles. The summed E-state index contributed by atoms with van der Waals surface area (Å²) in [6.45, 7) is 21.8. The van der Waals surface area contributed by atoms with Crippen LogP contribution in [0.4, 0.5) is 0 Å². The van der Waals surface area contributed by atoms with Crippen molar-refractivity contribution in [2.45, 2.75) is 319 Å². The maximum Gasteiger partial charge on any atom is 0.105 e. The van der Waals surface area contributed by atoms with Crippen LogP contribution in [0.2, 0.25) is 0 Å². The summed E-state index contributed by atoms with van der Waals surface area (Å²) in [6.07, 6.45) is 20.3. The third kappa shape index (κ3) is 34.4. The van der Waals surface area contributed by atoms with Crippen LogP contribution in [-0.4, -0.2) is 119 Å². The zero-order valence-electron chi connectivity index (χ0n) is 44.7. The van der Waals surface area contributed by atoms with E-state index >= 15 is 0 Å². The fraction of sp³-hybridized carbons (Fsp3) is 0.927. The van der Waals surface area contributed by atoms with Crippen molar-refractivity contribution >= 4 is 0 Å². The van der Waals surface area contributed by atoms with E-state index in [0.717, 1.165) is 31.3 Å². The highest BCUT2D eigenvalue weighted by Gasteiger charge is 2.32. The lowest BCUT2D eigenvalue weighted by atomic mass is 9.83. The van der Waals surface area contributed by atoms with Crippen molar-refractivity contribution in [3.63, 3.8) is 0 Å². The Bertz CT molecular complexity index is 1350. The van der Waals surface area contributed by atoms with Crippen LogP contribution in [0.25, 0.3) is 0 Å². The van der Waals surface area contributed by atoms with Gasteiger partial charge in [-0.3, -0.25) is 0 Å². The molecule has 0 aliphatic rings. The van der Waals surface area contributed by atoms with Crippen LogP contribution in [0.1, 0.15) is 263 Å². The van der Waals surface area contributed by atoms with E-state index in [1.165, 1.54) is 12.5 Å². The predicted molar refractivity (Wildman–Crippen MR) is 271 cm³/mol. The van der Waals surface area contributed by atoms with E-state index in [4.69, 9.17) is 5.11 Å². The third-order valence-electron chi connectivity index (χ3n) is 14.6. The molecule has 0 radical (unpaired) electrons. The van der Waals surface area contributed by atoms with E-state index in [1.54, 1.807) is 0 Å². The zero-order chi connectivity index (χ0) is 51.2. The predicted octanol–water partition coefficient (Wildman–Crippen LogP) is 9.93. The van der Waals surface area contributed by atoms with Crippen LogP contribution in [0.3, 0.4) is 0 Å². The molecule has 0 saturated carbocycles. The molecule has 0 aromatic rings. The normalized spacial score (nSPS) is 21.4. The molecule has 0 amide bonds. The van der Waals surface area contributed by atoms with Crippen LogP contribution in [-0.2, 0) is 0 Å². The Morgan fingerprint density at radius 1 is 0.348 bits per heavy atom. The highest BCUT2D eigenvalue weighted by atomic mass is 16.4. The van der Waals surface area contributed by atoms with Crippen molar-refractivity contribution in [1.29, 1.82) is 0 Å². The number of aliphatic hydroxyl groups excluding tert-OH is 2. The van der Waals surface area contributed by atoms with Gasteiger partial charge in [0.15, 0.2) is 0 Å². The van der Waals surface area contributed by atoms with Crippen LogP contribution in [0.15, 0.2) is 23.3 Å². The van der Waals surface area contributed by atoms with E-state index in [9.17, 15) is 51.1 Å². The molecule has 0 aromatic carbocycles. The first-order chi connectivity index (χ1) is 29.9. The van der Waals surface area contributed by atoms with Gasteiger partial charge in [-0.25, -0.2) is 0 Å². The Balaban J connectivity index is 4.45. The molecule has 10 atom stereocenters. The van der Waals surface area contributed by atoms with Gasteiger partial charge >= 0.3 is 0 Å². The Hall–Kier alpha value is -0.960. The van der Waals surface area contributed by atoms with Crippen molar-refractivity contribution in [2.24, 2.45) is 0 Å². The van der Waals surface area contributed by atoms with Crippen molar-refractivity contribution in [2.75, 3.05) is 6.61 Å². The van der Waals surface area contributed by atoms with Gasteiger partial charge in [-0.05, 0) is 263 Å². The maximum absolute atomic E-state index is 11.1. The lowest BCUT2D eigenvalue weighted by Gasteiger charge is -2.31. The number of hydrogen-bond donors (Lipinski definition) is 11. The lowest BCUT2D eigenvalue weighted by molar-refractivity contribution is -0.0866. The molecule has 0 bridgehead atoms. The second kappa shape index (κ2) is 29.4. The molecular weight excluding hydrogens is 837 g/mol. The molecule has 0 aromatic heterocycles. The summed E-state index contributed by atoms with van der Waals surface area (Å²) in [4.78, 5) is 0. The minimum absolute atomic E-state index is 0.344. The van der Waals surface area contributed by atoms with Gasteiger partial charge in [0.1, 0.15) is 6.10 Å². The summed E-state index contributed by atoms with van der Waals surface area (Å²) >= 11 is 0. The quantitative estimate of drug-likeness (QED) is 0.0260. The molecule has 0 aliphatic carbocycles. The Labute approximate surface area is 404 Å². The van der Waals surface area contributed by atoms with Crippen LogP contribution >= 0.6 is 0 Å². The largest absolute Gasteiger partial charge is 0.394 e.